The molecule has 0 atom stereocenters. The van der Waals surface area contributed by atoms with Gasteiger partial charge in [-0.25, -0.2) is 4.39 Å². The summed E-state index contributed by atoms with van der Waals surface area (Å²) >= 11 is 0. The molecule has 4 heteroatoms. The Kier molecular flexibility index (Phi) is 1.93. The standard InChI is InChI=1S/C12H13FN2O/c13-8-4-3-5-9-10(8)14-11(16)12(15-9)6-1-2-7-12/h3-5,15H,1-2,6-7H2,(H,14,16). The van der Waals surface area contributed by atoms with Crippen LogP contribution in [0.25, 0.3) is 0 Å². The van der Waals surface area contributed by atoms with Crippen molar-refractivity contribution in [2.45, 2.75) is 31.2 Å². The Hall–Kier alpha value is -1.58. The minimum Gasteiger partial charge on any atom is -0.369 e. The zero-order chi connectivity index (χ0) is 11.2. The van der Waals surface area contributed by atoms with Crippen molar-refractivity contribution in [3.8, 4) is 0 Å². The maximum absolute atomic E-state index is 13.5. The molecule has 1 aromatic carbocycles. The van der Waals surface area contributed by atoms with E-state index in [-0.39, 0.29) is 17.4 Å². The van der Waals surface area contributed by atoms with Crippen LogP contribution in [-0.4, -0.2) is 11.4 Å². The Labute approximate surface area is 93.0 Å². The summed E-state index contributed by atoms with van der Waals surface area (Å²) in [4.78, 5) is 12.0. The van der Waals surface area contributed by atoms with E-state index in [0.29, 0.717) is 5.69 Å². The number of hydrogen-bond donors (Lipinski definition) is 2. The molecule has 84 valence electrons. The number of amides is 1. The number of fused-ring (bicyclic) bond motifs is 1. The third kappa shape index (κ3) is 1.22. The van der Waals surface area contributed by atoms with Crippen LogP contribution in [0.3, 0.4) is 0 Å². The topological polar surface area (TPSA) is 41.1 Å². The summed E-state index contributed by atoms with van der Waals surface area (Å²) in [6.45, 7) is 0. The number of nitrogens with one attached hydrogen (secondary N) is 2. The van der Waals surface area contributed by atoms with Gasteiger partial charge in [-0.15, -0.1) is 0 Å². The monoisotopic (exact) mass is 220 g/mol. The van der Waals surface area contributed by atoms with E-state index in [9.17, 15) is 9.18 Å². The van der Waals surface area contributed by atoms with E-state index < -0.39 is 5.54 Å². The molecule has 2 N–H and O–H groups in total. The first-order chi connectivity index (χ1) is 7.71. The molecule has 0 aromatic heterocycles. The van der Waals surface area contributed by atoms with Gasteiger partial charge in [0, 0.05) is 0 Å². The molecule has 16 heavy (non-hydrogen) atoms. The Morgan fingerprint density at radius 1 is 1.25 bits per heavy atom. The van der Waals surface area contributed by atoms with E-state index >= 15 is 0 Å². The molecule has 1 amide bonds. The zero-order valence-electron chi connectivity index (χ0n) is 8.85. The van der Waals surface area contributed by atoms with E-state index in [1.807, 2.05) is 0 Å². The average molecular weight is 220 g/mol. The molecule has 0 saturated heterocycles. The molecule has 0 radical (unpaired) electrons. The van der Waals surface area contributed by atoms with Gasteiger partial charge in [-0.2, -0.15) is 0 Å². The molecular weight excluding hydrogens is 207 g/mol. The summed E-state index contributed by atoms with van der Waals surface area (Å²) in [6, 6.07) is 4.81. The van der Waals surface area contributed by atoms with Crippen LogP contribution >= 0.6 is 0 Å². The normalized spacial score (nSPS) is 21.4. The summed E-state index contributed by atoms with van der Waals surface area (Å²) < 4.78 is 13.5. The highest BCUT2D eigenvalue weighted by atomic mass is 19.1. The van der Waals surface area contributed by atoms with Crippen molar-refractivity contribution >= 4 is 17.3 Å². The average Bonchev–Trinajstić information content (AvgIpc) is 2.71. The number of carbonyl (C=O) groups excluding carboxylic acids is 1. The van der Waals surface area contributed by atoms with Crippen LogP contribution in [0.4, 0.5) is 15.8 Å². The molecule has 1 saturated carbocycles. The van der Waals surface area contributed by atoms with Crippen molar-refractivity contribution in [1.29, 1.82) is 0 Å². The lowest BCUT2D eigenvalue weighted by Gasteiger charge is -2.35. The van der Waals surface area contributed by atoms with Crippen molar-refractivity contribution in [3.05, 3.63) is 24.0 Å². The predicted molar refractivity (Wildman–Crippen MR) is 59.9 cm³/mol. The highest BCUT2D eigenvalue weighted by molar-refractivity contribution is 6.06. The van der Waals surface area contributed by atoms with Crippen molar-refractivity contribution in [2.75, 3.05) is 10.6 Å². The maximum atomic E-state index is 13.5. The zero-order valence-corrected chi connectivity index (χ0v) is 8.85. The van der Waals surface area contributed by atoms with Crippen molar-refractivity contribution in [3.63, 3.8) is 0 Å². The van der Waals surface area contributed by atoms with Crippen LogP contribution in [0, 0.1) is 5.82 Å². The van der Waals surface area contributed by atoms with Crippen LogP contribution in [0.1, 0.15) is 25.7 Å². The number of halogens is 1. The highest BCUT2D eigenvalue weighted by Gasteiger charge is 2.44. The van der Waals surface area contributed by atoms with E-state index in [1.54, 1.807) is 12.1 Å². The van der Waals surface area contributed by atoms with E-state index in [1.165, 1.54) is 6.07 Å². The molecule has 1 aromatic rings. The third-order valence-corrected chi connectivity index (χ3v) is 3.52. The van der Waals surface area contributed by atoms with Crippen LogP contribution < -0.4 is 10.6 Å². The Balaban J connectivity index is 2.05. The molecule has 3 rings (SSSR count). The molecule has 0 bridgehead atoms. The summed E-state index contributed by atoms with van der Waals surface area (Å²) in [7, 11) is 0. The van der Waals surface area contributed by atoms with Crippen LogP contribution in [0.5, 0.6) is 0 Å². The number of rotatable bonds is 0. The largest absolute Gasteiger partial charge is 0.369 e. The lowest BCUT2D eigenvalue weighted by atomic mass is 9.93. The van der Waals surface area contributed by atoms with Gasteiger partial charge in [-0.05, 0) is 25.0 Å². The van der Waals surface area contributed by atoms with Gasteiger partial charge in [0.25, 0.3) is 0 Å². The SMILES string of the molecule is O=C1Nc2c(F)cccc2NC12CCCC2. The lowest BCUT2D eigenvalue weighted by molar-refractivity contribution is -0.120. The molecule has 1 spiro atoms. The molecule has 3 nitrogen and oxygen atoms in total. The first kappa shape index (κ1) is 9.63. The molecule has 1 aliphatic heterocycles. The first-order valence-electron chi connectivity index (χ1n) is 5.59. The molecular formula is C12H13FN2O. The van der Waals surface area contributed by atoms with Crippen LogP contribution in [-0.2, 0) is 4.79 Å². The minimum absolute atomic E-state index is 0.0948. The number of carbonyl (C=O) groups is 1. The quantitative estimate of drug-likeness (QED) is 0.705. The fourth-order valence-corrected chi connectivity index (χ4v) is 2.63. The van der Waals surface area contributed by atoms with E-state index in [2.05, 4.69) is 10.6 Å². The molecule has 1 aliphatic carbocycles. The number of para-hydroxylation sites is 1. The molecule has 1 heterocycles. The van der Waals surface area contributed by atoms with Gasteiger partial charge in [-0.1, -0.05) is 18.9 Å². The van der Waals surface area contributed by atoms with Gasteiger partial charge in [0.15, 0.2) is 0 Å². The van der Waals surface area contributed by atoms with Crippen molar-refractivity contribution in [1.82, 2.24) is 0 Å². The summed E-state index contributed by atoms with van der Waals surface area (Å²) in [5.74, 6) is -0.478. The maximum Gasteiger partial charge on any atom is 0.250 e. The van der Waals surface area contributed by atoms with Gasteiger partial charge in [0.2, 0.25) is 5.91 Å². The van der Waals surface area contributed by atoms with Crippen LogP contribution in [0.2, 0.25) is 0 Å². The second kappa shape index (κ2) is 3.20. The van der Waals surface area contributed by atoms with Gasteiger partial charge in [0.1, 0.15) is 17.0 Å². The van der Waals surface area contributed by atoms with Crippen LogP contribution in [0.15, 0.2) is 18.2 Å². The second-order valence-corrected chi connectivity index (χ2v) is 4.53. The second-order valence-electron chi connectivity index (χ2n) is 4.53. The molecule has 2 aliphatic rings. The number of anilines is 2. The van der Waals surface area contributed by atoms with Gasteiger partial charge >= 0.3 is 0 Å². The summed E-state index contributed by atoms with van der Waals surface area (Å²) in [6.07, 6.45) is 3.75. The van der Waals surface area contributed by atoms with Gasteiger partial charge in [-0.3, -0.25) is 4.79 Å². The van der Waals surface area contributed by atoms with Crippen molar-refractivity contribution in [2.24, 2.45) is 0 Å². The smallest absolute Gasteiger partial charge is 0.250 e. The molecule has 1 fully saturated rings. The number of hydrogen-bond acceptors (Lipinski definition) is 2. The van der Waals surface area contributed by atoms with E-state index in [4.69, 9.17) is 0 Å². The fourth-order valence-electron chi connectivity index (χ4n) is 2.63. The number of benzene rings is 1. The predicted octanol–water partition coefficient (Wildman–Crippen LogP) is 2.50. The Bertz CT molecular complexity index is 452. The fraction of sp³-hybridized carbons (Fsp3) is 0.417. The highest BCUT2D eigenvalue weighted by Crippen LogP contribution is 2.40. The minimum atomic E-state index is -0.499. The van der Waals surface area contributed by atoms with E-state index in [0.717, 1.165) is 25.7 Å². The third-order valence-electron chi connectivity index (χ3n) is 3.52. The Morgan fingerprint density at radius 3 is 2.75 bits per heavy atom. The lowest BCUT2D eigenvalue weighted by Crippen LogP contribution is -2.50. The molecule has 0 unspecified atom stereocenters. The van der Waals surface area contributed by atoms with Gasteiger partial charge < -0.3 is 10.6 Å². The summed E-state index contributed by atoms with van der Waals surface area (Å²) in [5.41, 5.74) is 0.479. The Morgan fingerprint density at radius 2 is 2.00 bits per heavy atom. The first-order valence-corrected chi connectivity index (χ1v) is 5.59. The summed E-state index contributed by atoms with van der Waals surface area (Å²) in [5, 5.41) is 5.90. The van der Waals surface area contributed by atoms with Gasteiger partial charge in [0.05, 0.1) is 5.69 Å². The van der Waals surface area contributed by atoms with Crippen molar-refractivity contribution < 1.29 is 9.18 Å².